The molecule has 0 aliphatic rings. The lowest BCUT2D eigenvalue weighted by atomic mass is 10.3. The molecule has 0 saturated heterocycles. The number of nitrogens with one attached hydrogen (secondary N) is 2. The van der Waals surface area contributed by atoms with Crippen molar-refractivity contribution in [1.82, 2.24) is 10.6 Å². The van der Waals surface area contributed by atoms with Gasteiger partial charge in [-0.15, -0.1) is 0 Å². The number of hydrogen-bond donors (Lipinski definition) is 2. The number of allylic oxidation sites excluding steroid dienone is 1. The number of carbonyl (C=O) groups excluding carboxylic acids is 2. The van der Waals surface area contributed by atoms with Gasteiger partial charge < -0.3 is 10.6 Å². The van der Waals surface area contributed by atoms with Crippen LogP contribution in [0.15, 0.2) is 11.9 Å². The lowest BCUT2D eigenvalue weighted by molar-refractivity contribution is -0.121. The summed E-state index contributed by atoms with van der Waals surface area (Å²) in [5.41, 5.74) is 0.278. The second-order valence-electron chi connectivity index (χ2n) is 2.08. The third-order valence-corrected chi connectivity index (χ3v) is 0.979. The number of ketones is 1. The van der Waals surface area contributed by atoms with Crippen molar-refractivity contribution in [2.24, 2.45) is 0 Å². The maximum absolute atomic E-state index is 10.7. The minimum Gasteiger partial charge on any atom is -0.392 e. The van der Waals surface area contributed by atoms with Crippen molar-refractivity contribution in [1.29, 1.82) is 0 Å². The molecule has 62 valence electrons. The quantitative estimate of drug-likeness (QED) is 0.555. The first-order valence-electron chi connectivity index (χ1n) is 3.24. The van der Waals surface area contributed by atoms with E-state index in [2.05, 4.69) is 10.6 Å². The van der Waals surface area contributed by atoms with Gasteiger partial charge in [0.25, 0.3) is 0 Å². The van der Waals surface area contributed by atoms with Crippen LogP contribution < -0.4 is 10.6 Å². The Balaban J connectivity index is 4.23. The number of amides is 1. The first kappa shape index (κ1) is 9.68. The molecule has 0 aromatic rings. The van der Waals surface area contributed by atoms with Crippen LogP contribution >= 0.6 is 0 Å². The molecular weight excluding hydrogens is 144 g/mol. The zero-order chi connectivity index (χ0) is 8.85. The van der Waals surface area contributed by atoms with Gasteiger partial charge in [-0.05, 0) is 0 Å². The van der Waals surface area contributed by atoms with Gasteiger partial charge in [-0.25, -0.2) is 0 Å². The molecule has 2 N–H and O–H groups in total. The van der Waals surface area contributed by atoms with Crippen molar-refractivity contribution >= 4 is 11.7 Å². The number of carbonyl (C=O) groups is 2. The smallest absolute Gasteiger partial charge is 0.221 e. The van der Waals surface area contributed by atoms with Crippen LogP contribution in [0.25, 0.3) is 0 Å². The van der Waals surface area contributed by atoms with Gasteiger partial charge in [-0.1, -0.05) is 0 Å². The predicted molar refractivity (Wildman–Crippen MR) is 41.6 cm³/mol. The van der Waals surface area contributed by atoms with E-state index in [4.69, 9.17) is 0 Å². The summed E-state index contributed by atoms with van der Waals surface area (Å²) in [6.07, 6.45) is 1.45. The number of rotatable bonds is 3. The zero-order valence-corrected chi connectivity index (χ0v) is 6.89. The van der Waals surface area contributed by atoms with Crippen LogP contribution in [0.2, 0.25) is 0 Å². The highest BCUT2D eigenvalue weighted by Crippen LogP contribution is 1.87. The molecule has 0 spiro atoms. The summed E-state index contributed by atoms with van der Waals surface area (Å²) in [6.45, 7) is 2.74. The molecule has 11 heavy (non-hydrogen) atoms. The molecule has 0 aliphatic carbocycles. The zero-order valence-electron chi connectivity index (χ0n) is 6.89. The van der Waals surface area contributed by atoms with Crippen molar-refractivity contribution in [2.75, 3.05) is 7.05 Å². The molecule has 0 rings (SSSR count). The molecular formula is C7H12N2O2. The summed E-state index contributed by atoms with van der Waals surface area (Å²) in [5.74, 6) is -0.420. The molecule has 4 nitrogen and oxygen atoms in total. The fourth-order valence-electron chi connectivity index (χ4n) is 0.560. The van der Waals surface area contributed by atoms with Crippen molar-refractivity contribution in [3.63, 3.8) is 0 Å². The van der Waals surface area contributed by atoms with E-state index in [1.54, 1.807) is 7.05 Å². The lowest BCUT2D eigenvalue weighted by Crippen LogP contribution is -2.25. The van der Waals surface area contributed by atoms with Gasteiger partial charge in [0.1, 0.15) is 0 Å². The largest absolute Gasteiger partial charge is 0.392 e. The molecule has 0 radical (unpaired) electrons. The summed E-state index contributed by atoms with van der Waals surface area (Å²) in [4.78, 5) is 21.2. The number of hydrogen-bond acceptors (Lipinski definition) is 3. The second-order valence-corrected chi connectivity index (χ2v) is 2.08. The molecule has 0 fully saturated rings. The Labute approximate surface area is 65.7 Å². The third-order valence-electron chi connectivity index (χ3n) is 0.979. The van der Waals surface area contributed by atoms with Gasteiger partial charge in [0, 0.05) is 27.1 Å². The normalized spacial score (nSPS) is 10.6. The monoisotopic (exact) mass is 156 g/mol. The fraction of sp³-hybridized carbons (Fsp3) is 0.429. The molecule has 0 bridgehead atoms. The predicted octanol–water partition coefficient (Wildman–Crippen LogP) is -0.228. The van der Waals surface area contributed by atoms with Gasteiger partial charge in [-0.3, -0.25) is 9.59 Å². The highest BCUT2D eigenvalue weighted by molar-refractivity contribution is 5.96. The second kappa shape index (κ2) is 4.49. The van der Waals surface area contributed by atoms with E-state index in [0.29, 0.717) is 0 Å². The SMILES string of the molecule is CN/C=C(/NC(C)=O)C(C)=O. The fourth-order valence-corrected chi connectivity index (χ4v) is 0.560. The van der Waals surface area contributed by atoms with Gasteiger partial charge in [-0.2, -0.15) is 0 Å². The molecule has 0 unspecified atom stereocenters. The van der Waals surface area contributed by atoms with E-state index < -0.39 is 0 Å². The maximum Gasteiger partial charge on any atom is 0.221 e. The van der Waals surface area contributed by atoms with E-state index >= 15 is 0 Å². The van der Waals surface area contributed by atoms with Gasteiger partial charge in [0.2, 0.25) is 5.91 Å². The van der Waals surface area contributed by atoms with Gasteiger partial charge >= 0.3 is 0 Å². The Morgan fingerprint density at radius 1 is 1.27 bits per heavy atom. The Morgan fingerprint density at radius 2 is 1.82 bits per heavy atom. The summed E-state index contributed by atoms with van der Waals surface area (Å²) >= 11 is 0. The molecule has 0 atom stereocenters. The Kier molecular flexibility index (Phi) is 3.95. The number of Topliss-reactive ketones (excluding diaryl/α,β-unsaturated/α-hetero) is 1. The van der Waals surface area contributed by atoms with Crippen molar-refractivity contribution in [2.45, 2.75) is 13.8 Å². The maximum atomic E-state index is 10.7. The third kappa shape index (κ3) is 4.13. The lowest BCUT2D eigenvalue weighted by Gasteiger charge is -2.02. The molecule has 0 aromatic heterocycles. The average Bonchev–Trinajstić information content (AvgIpc) is 1.86. The Bertz CT molecular complexity index is 197. The average molecular weight is 156 g/mol. The molecule has 0 aliphatic heterocycles. The van der Waals surface area contributed by atoms with Crippen LogP contribution in [0.5, 0.6) is 0 Å². The van der Waals surface area contributed by atoms with Crippen LogP contribution in [-0.4, -0.2) is 18.7 Å². The standard InChI is InChI=1S/C7H12N2O2/c1-5(10)7(4-8-3)9-6(2)11/h4,8H,1-3H3,(H,9,11)/b7-4+. The Hall–Kier alpha value is -1.32. The van der Waals surface area contributed by atoms with E-state index in [1.165, 1.54) is 20.0 Å². The summed E-state index contributed by atoms with van der Waals surface area (Å²) in [5, 5.41) is 5.05. The first-order valence-corrected chi connectivity index (χ1v) is 3.24. The topological polar surface area (TPSA) is 58.2 Å². The molecule has 0 heterocycles. The van der Waals surface area contributed by atoms with E-state index in [9.17, 15) is 9.59 Å². The van der Waals surface area contributed by atoms with Gasteiger partial charge in [0.05, 0.1) is 5.70 Å². The highest BCUT2D eigenvalue weighted by atomic mass is 16.2. The molecule has 0 aromatic carbocycles. The van der Waals surface area contributed by atoms with Crippen LogP contribution in [0.3, 0.4) is 0 Å². The molecule has 4 heteroatoms. The minimum atomic E-state index is -0.248. The molecule has 1 amide bonds. The van der Waals surface area contributed by atoms with Crippen molar-refractivity contribution in [3.8, 4) is 0 Å². The highest BCUT2D eigenvalue weighted by Gasteiger charge is 2.03. The van der Waals surface area contributed by atoms with Crippen molar-refractivity contribution < 1.29 is 9.59 Å². The summed E-state index contributed by atoms with van der Waals surface area (Å²) in [7, 11) is 1.66. The minimum absolute atomic E-state index is 0.172. The van der Waals surface area contributed by atoms with E-state index in [-0.39, 0.29) is 17.4 Å². The van der Waals surface area contributed by atoms with Crippen LogP contribution in [0, 0.1) is 0 Å². The summed E-state index contributed by atoms with van der Waals surface area (Å²) < 4.78 is 0. The first-order chi connectivity index (χ1) is 5.07. The van der Waals surface area contributed by atoms with Crippen LogP contribution in [-0.2, 0) is 9.59 Å². The van der Waals surface area contributed by atoms with Crippen LogP contribution in [0.4, 0.5) is 0 Å². The van der Waals surface area contributed by atoms with E-state index in [0.717, 1.165) is 0 Å². The Morgan fingerprint density at radius 3 is 2.09 bits per heavy atom. The summed E-state index contributed by atoms with van der Waals surface area (Å²) in [6, 6.07) is 0. The van der Waals surface area contributed by atoms with Gasteiger partial charge in [0.15, 0.2) is 5.78 Å². The molecule has 0 saturated carbocycles. The van der Waals surface area contributed by atoms with Crippen LogP contribution in [0.1, 0.15) is 13.8 Å². The van der Waals surface area contributed by atoms with Crippen molar-refractivity contribution in [3.05, 3.63) is 11.9 Å². The van der Waals surface area contributed by atoms with E-state index in [1.807, 2.05) is 0 Å².